The number of pyridine rings is 1. The summed E-state index contributed by atoms with van der Waals surface area (Å²) in [7, 11) is 0. The van der Waals surface area contributed by atoms with Gasteiger partial charge < -0.3 is 20.5 Å². The number of rotatable bonds is 11. The van der Waals surface area contributed by atoms with E-state index in [1.54, 1.807) is 11.8 Å². The van der Waals surface area contributed by atoms with E-state index in [-0.39, 0.29) is 18.1 Å². The topological polar surface area (TPSA) is 105 Å². The summed E-state index contributed by atoms with van der Waals surface area (Å²) in [5, 5.41) is 17.7. The molecule has 0 amide bonds. The van der Waals surface area contributed by atoms with Gasteiger partial charge in [-0.2, -0.15) is 4.98 Å². The van der Waals surface area contributed by atoms with E-state index in [0.717, 1.165) is 77.8 Å². The van der Waals surface area contributed by atoms with Crippen LogP contribution in [0.15, 0.2) is 22.2 Å². The zero-order valence-corrected chi connectivity index (χ0v) is 23.8. The SMILES string of the molecule is C=Nc1c(SCc2c(C)nc(NCC3CCCCO3)nc2NC2CCC(C(C)(C)O)C2)ccnc1C1CC1. The molecule has 1 aliphatic heterocycles. The summed E-state index contributed by atoms with van der Waals surface area (Å²) in [6.07, 6.45) is 10.8. The molecule has 3 N–H and O–H groups in total. The molecule has 2 aliphatic carbocycles. The summed E-state index contributed by atoms with van der Waals surface area (Å²) in [6.45, 7) is 11.3. The third-order valence-electron chi connectivity index (χ3n) is 8.16. The average Bonchev–Trinajstić information content (AvgIpc) is 3.64. The van der Waals surface area contributed by atoms with Gasteiger partial charge in [0.25, 0.3) is 0 Å². The molecule has 2 saturated carbocycles. The Morgan fingerprint density at radius 1 is 1.18 bits per heavy atom. The Balaban J connectivity index is 1.35. The van der Waals surface area contributed by atoms with Crippen molar-refractivity contribution in [3.8, 4) is 0 Å². The van der Waals surface area contributed by atoms with Crippen molar-refractivity contribution in [1.29, 1.82) is 0 Å². The van der Waals surface area contributed by atoms with Crippen LogP contribution >= 0.6 is 11.8 Å². The fraction of sp³-hybridized carbons (Fsp3) is 0.655. The fourth-order valence-corrected chi connectivity index (χ4v) is 6.73. The van der Waals surface area contributed by atoms with E-state index in [9.17, 15) is 5.11 Å². The zero-order chi connectivity index (χ0) is 26.7. The van der Waals surface area contributed by atoms with Crippen molar-refractivity contribution < 1.29 is 9.84 Å². The molecular weight excluding hydrogens is 496 g/mol. The minimum absolute atomic E-state index is 0.207. The van der Waals surface area contributed by atoms with Crippen molar-refractivity contribution >= 4 is 35.9 Å². The second-order valence-electron chi connectivity index (χ2n) is 11.6. The Morgan fingerprint density at radius 2 is 2.03 bits per heavy atom. The van der Waals surface area contributed by atoms with Gasteiger partial charge in [-0.25, -0.2) is 4.98 Å². The van der Waals surface area contributed by atoms with E-state index < -0.39 is 5.60 Å². The van der Waals surface area contributed by atoms with E-state index in [4.69, 9.17) is 14.7 Å². The first-order valence-corrected chi connectivity index (χ1v) is 15.1. The monoisotopic (exact) mass is 538 g/mol. The first-order valence-electron chi connectivity index (χ1n) is 14.1. The van der Waals surface area contributed by atoms with Gasteiger partial charge in [0, 0.05) is 53.2 Å². The van der Waals surface area contributed by atoms with Gasteiger partial charge in [0.1, 0.15) is 5.82 Å². The number of nitrogens with one attached hydrogen (secondary N) is 2. The van der Waals surface area contributed by atoms with Crippen LogP contribution in [0.5, 0.6) is 0 Å². The normalized spacial score (nSPS) is 23.8. The second kappa shape index (κ2) is 11.9. The quantitative estimate of drug-likeness (QED) is 0.236. The number of thioether (sulfide) groups is 1. The van der Waals surface area contributed by atoms with Gasteiger partial charge in [0.15, 0.2) is 0 Å². The lowest BCUT2D eigenvalue weighted by Crippen LogP contribution is -2.30. The number of anilines is 2. The zero-order valence-electron chi connectivity index (χ0n) is 23.0. The van der Waals surface area contributed by atoms with Crippen molar-refractivity contribution in [2.45, 2.75) is 106 Å². The number of aromatic nitrogens is 3. The van der Waals surface area contributed by atoms with Crippen LogP contribution in [-0.4, -0.2) is 57.7 Å². The molecule has 206 valence electrons. The summed E-state index contributed by atoms with van der Waals surface area (Å²) in [5.41, 5.74) is 3.38. The highest BCUT2D eigenvalue weighted by atomic mass is 32.2. The molecule has 2 aromatic rings. The Hall–Kier alpha value is -2.23. The molecule has 2 aromatic heterocycles. The number of hydrogen-bond donors (Lipinski definition) is 3. The molecule has 1 saturated heterocycles. The number of nitrogens with zero attached hydrogens (tertiary/aromatic N) is 4. The summed E-state index contributed by atoms with van der Waals surface area (Å²) in [5.74, 6) is 3.03. The average molecular weight is 539 g/mol. The Bertz CT molecular complexity index is 1130. The molecule has 9 heteroatoms. The molecule has 0 aromatic carbocycles. The van der Waals surface area contributed by atoms with Gasteiger partial charge in [-0.05, 0) is 90.8 Å². The third-order valence-corrected chi connectivity index (χ3v) is 9.23. The summed E-state index contributed by atoms with van der Waals surface area (Å²) in [6, 6.07) is 2.31. The predicted molar refractivity (Wildman–Crippen MR) is 155 cm³/mol. The molecule has 0 spiro atoms. The number of aliphatic hydroxyl groups is 1. The molecular formula is C29H42N6O2S. The largest absolute Gasteiger partial charge is 0.390 e. The lowest BCUT2D eigenvalue weighted by molar-refractivity contribution is 0.0197. The number of ether oxygens (including phenoxy) is 1. The minimum atomic E-state index is -0.669. The van der Waals surface area contributed by atoms with Crippen molar-refractivity contribution in [3.05, 3.63) is 29.2 Å². The Kier molecular flexibility index (Phi) is 8.55. The Morgan fingerprint density at radius 3 is 2.71 bits per heavy atom. The Labute approximate surface area is 230 Å². The van der Waals surface area contributed by atoms with Crippen molar-refractivity contribution in [2.24, 2.45) is 10.9 Å². The molecule has 8 nitrogen and oxygen atoms in total. The van der Waals surface area contributed by atoms with E-state index in [1.165, 1.54) is 19.3 Å². The van der Waals surface area contributed by atoms with Crippen LogP contribution in [0, 0.1) is 12.8 Å². The third kappa shape index (κ3) is 6.66. The highest BCUT2D eigenvalue weighted by molar-refractivity contribution is 7.98. The van der Waals surface area contributed by atoms with Crippen LogP contribution in [0.4, 0.5) is 17.5 Å². The van der Waals surface area contributed by atoms with E-state index >= 15 is 0 Å². The van der Waals surface area contributed by atoms with Crippen LogP contribution in [0.2, 0.25) is 0 Å². The molecule has 38 heavy (non-hydrogen) atoms. The first kappa shape index (κ1) is 27.3. The van der Waals surface area contributed by atoms with E-state index in [0.29, 0.717) is 18.4 Å². The van der Waals surface area contributed by atoms with E-state index in [1.807, 2.05) is 26.1 Å². The summed E-state index contributed by atoms with van der Waals surface area (Å²) >= 11 is 1.74. The van der Waals surface area contributed by atoms with E-state index in [2.05, 4.69) is 34.3 Å². The second-order valence-corrected chi connectivity index (χ2v) is 12.6. The van der Waals surface area contributed by atoms with Gasteiger partial charge in [-0.15, -0.1) is 11.8 Å². The highest BCUT2D eigenvalue weighted by Gasteiger charge is 2.35. The molecule has 3 unspecified atom stereocenters. The maximum atomic E-state index is 10.6. The maximum absolute atomic E-state index is 10.6. The van der Waals surface area contributed by atoms with Crippen LogP contribution in [-0.2, 0) is 10.5 Å². The van der Waals surface area contributed by atoms with Gasteiger partial charge in [0.2, 0.25) is 5.95 Å². The van der Waals surface area contributed by atoms with Gasteiger partial charge in [-0.1, -0.05) is 0 Å². The molecule has 0 radical (unpaired) electrons. The van der Waals surface area contributed by atoms with Gasteiger partial charge in [0.05, 0.1) is 23.1 Å². The number of hydrogen-bond acceptors (Lipinski definition) is 9. The van der Waals surface area contributed by atoms with Crippen LogP contribution < -0.4 is 10.6 Å². The lowest BCUT2D eigenvalue weighted by Gasteiger charge is -2.26. The number of aryl methyl sites for hydroxylation is 1. The highest BCUT2D eigenvalue weighted by Crippen LogP contribution is 2.46. The fourth-order valence-electron chi connectivity index (χ4n) is 5.62. The van der Waals surface area contributed by atoms with Crippen LogP contribution in [0.3, 0.4) is 0 Å². The van der Waals surface area contributed by atoms with Gasteiger partial charge in [-0.3, -0.25) is 9.98 Å². The van der Waals surface area contributed by atoms with Crippen LogP contribution in [0.1, 0.15) is 88.1 Å². The summed E-state index contributed by atoms with van der Waals surface area (Å²) in [4.78, 5) is 19.9. The number of aliphatic imine (C=N–C) groups is 1. The molecule has 3 aliphatic rings. The van der Waals surface area contributed by atoms with Crippen LogP contribution in [0.25, 0.3) is 0 Å². The molecule has 3 heterocycles. The predicted octanol–water partition coefficient (Wildman–Crippen LogP) is 6.01. The minimum Gasteiger partial charge on any atom is -0.390 e. The van der Waals surface area contributed by atoms with Crippen molar-refractivity contribution in [2.75, 3.05) is 23.8 Å². The standard InChI is InChI=1S/C29H42N6O2S/c1-18-23(17-38-24-12-13-31-25(19-8-9-19)26(24)30-4)27(34-21-11-10-20(15-21)29(2,3)36)35-28(33-18)32-16-22-7-5-6-14-37-22/h12-13,19-22,36H,4-11,14-17H2,1-3H3,(H2,32,33,34,35). The summed E-state index contributed by atoms with van der Waals surface area (Å²) < 4.78 is 5.90. The molecule has 0 bridgehead atoms. The van der Waals surface area contributed by atoms with Crippen molar-refractivity contribution in [1.82, 2.24) is 15.0 Å². The van der Waals surface area contributed by atoms with Gasteiger partial charge >= 0.3 is 0 Å². The first-order chi connectivity index (χ1) is 18.3. The molecule has 3 atom stereocenters. The van der Waals surface area contributed by atoms with Crippen molar-refractivity contribution in [3.63, 3.8) is 0 Å². The smallest absolute Gasteiger partial charge is 0.224 e. The maximum Gasteiger partial charge on any atom is 0.224 e. The molecule has 5 rings (SSSR count). The lowest BCUT2D eigenvalue weighted by atomic mass is 9.89. The molecule has 3 fully saturated rings.